The van der Waals surface area contributed by atoms with Gasteiger partial charge in [-0.05, 0) is 18.2 Å². The smallest absolute Gasteiger partial charge is 0.317 e. The van der Waals surface area contributed by atoms with Gasteiger partial charge in [-0.1, -0.05) is 11.6 Å². The van der Waals surface area contributed by atoms with Crippen LogP contribution in [0.5, 0.6) is 5.75 Å². The summed E-state index contributed by atoms with van der Waals surface area (Å²) in [5, 5.41) is 10.5. The van der Waals surface area contributed by atoms with E-state index < -0.39 is 5.97 Å². The van der Waals surface area contributed by atoms with Gasteiger partial charge in [-0.25, -0.2) is 0 Å². The zero-order chi connectivity index (χ0) is 14.3. The van der Waals surface area contributed by atoms with Crippen LogP contribution in [-0.2, 0) is 17.9 Å². The highest BCUT2D eigenvalue weighted by Crippen LogP contribution is 2.33. The van der Waals surface area contributed by atoms with Gasteiger partial charge in [0.05, 0.1) is 24.2 Å². The van der Waals surface area contributed by atoms with Gasteiger partial charge in [0, 0.05) is 30.7 Å². The van der Waals surface area contributed by atoms with E-state index in [1.165, 1.54) is 0 Å². The number of benzene rings is 1. The molecule has 1 aromatic heterocycles. The first-order valence-corrected chi connectivity index (χ1v) is 6.76. The highest BCUT2D eigenvalue weighted by molar-refractivity contribution is 6.32. The molecule has 106 valence electrons. The van der Waals surface area contributed by atoms with Crippen LogP contribution < -0.4 is 4.74 Å². The summed E-state index contributed by atoms with van der Waals surface area (Å²) in [7, 11) is 1.59. The number of fused-ring (bicyclic) bond motifs is 3. The Morgan fingerprint density at radius 2 is 2.20 bits per heavy atom. The number of ether oxygens (including phenoxy) is 1. The topological polar surface area (TPSA) is 54.7 Å². The maximum atomic E-state index is 10.8. The molecule has 0 fully saturated rings. The van der Waals surface area contributed by atoms with Crippen molar-refractivity contribution in [1.82, 2.24) is 9.47 Å². The number of halogens is 1. The summed E-state index contributed by atoms with van der Waals surface area (Å²) in [6.07, 6.45) is 0. The van der Waals surface area contributed by atoms with E-state index >= 15 is 0 Å². The number of hydrogen-bond acceptors (Lipinski definition) is 3. The molecule has 0 spiro atoms. The van der Waals surface area contributed by atoms with Crippen LogP contribution in [0.25, 0.3) is 10.9 Å². The molecular weight excluding hydrogens is 280 g/mol. The highest BCUT2D eigenvalue weighted by atomic mass is 35.5. The van der Waals surface area contributed by atoms with E-state index in [4.69, 9.17) is 21.4 Å². The molecule has 0 saturated heterocycles. The Morgan fingerprint density at radius 3 is 2.90 bits per heavy atom. The van der Waals surface area contributed by atoms with E-state index in [9.17, 15) is 4.79 Å². The Hall–Kier alpha value is -1.72. The first kappa shape index (κ1) is 13.3. The quantitative estimate of drug-likeness (QED) is 0.943. The minimum Gasteiger partial charge on any atom is -0.495 e. The van der Waals surface area contributed by atoms with Gasteiger partial charge in [0.25, 0.3) is 0 Å². The van der Waals surface area contributed by atoms with Crippen LogP contribution in [0.2, 0.25) is 5.02 Å². The minimum absolute atomic E-state index is 0.0750. The van der Waals surface area contributed by atoms with Gasteiger partial charge in [-0.2, -0.15) is 0 Å². The molecule has 0 bridgehead atoms. The predicted octanol–water partition coefficient (Wildman–Crippen LogP) is 2.20. The van der Waals surface area contributed by atoms with E-state index in [1.54, 1.807) is 7.11 Å². The molecule has 2 aromatic rings. The Kier molecular flexibility index (Phi) is 3.31. The molecule has 1 aliphatic rings. The average molecular weight is 295 g/mol. The molecule has 2 heterocycles. The molecule has 0 saturated carbocycles. The van der Waals surface area contributed by atoms with Crippen LogP contribution in [0.1, 0.15) is 5.69 Å². The van der Waals surface area contributed by atoms with Gasteiger partial charge in [0.2, 0.25) is 0 Å². The molecule has 0 amide bonds. The summed E-state index contributed by atoms with van der Waals surface area (Å²) in [6, 6.07) is 5.90. The van der Waals surface area contributed by atoms with Crippen molar-refractivity contribution in [3.8, 4) is 5.75 Å². The van der Waals surface area contributed by atoms with E-state index in [0.717, 1.165) is 29.7 Å². The average Bonchev–Trinajstić information content (AvgIpc) is 2.73. The summed E-state index contributed by atoms with van der Waals surface area (Å²) >= 11 is 6.17. The van der Waals surface area contributed by atoms with Crippen molar-refractivity contribution in [2.75, 3.05) is 20.2 Å². The van der Waals surface area contributed by atoms with Gasteiger partial charge < -0.3 is 14.4 Å². The highest BCUT2D eigenvalue weighted by Gasteiger charge is 2.20. The Bertz CT molecular complexity index is 681. The summed E-state index contributed by atoms with van der Waals surface area (Å²) in [5.41, 5.74) is 2.18. The number of carboxylic acids is 1. The largest absolute Gasteiger partial charge is 0.495 e. The summed E-state index contributed by atoms with van der Waals surface area (Å²) in [4.78, 5) is 12.7. The maximum absolute atomic E-state index is 10.8. The second-order valence-corrected chi connectivity index (χ2v) is 5.34. The maximum Gasteiger partial charge on any atom is 0.317 e. The molecule has 0 atom stereocenters. The van der Waals surface area contributed by atoms with E-state index in [2.05, 4.69) is 10.6 Å². The SMILES string of the molecule is COc1cc2cc3n(c2cc1Cl)CCN(CC(=O)O)C3. The van der Waals surface area contributed by atoms with Crippen molar-refractivity contribution in [1.29, 1.82) is 0 Å². The molecule has 0 unspecified atom stereocenters. The molecular formula is C14H15ClN2O3. The minimum atomic E-state index is -0.792. The van der Waals surface area contributed by atoms with Gasteiger partial charge in [-0.3, -0.25) is 9.69 Å². The van der Waals surface area contributed by atoms with Crippen LogP contribution in [0, 0.1) is 0 Å². The lowest BCUT2D eigenvalue weighted by molar-refractivity contribution is -0.138. The second kappa shape index (κ2) is 5.00. The molecule has 0 radical (unpaired) electrons. The van der Waals surface area contributed by atoms with Gasteiger partial charge >= 0.3 is 5.97 Å². The van der Waals surface area contributed by atoms with Crippen molar-refractivity contribution < 1.29 is 14.6 Å². The van der Waals surface area contributed by atoms with Gasteiger partial charge in [0.1, 0.15) is 5.75 Å². The standard InChI is InChI=1S/C14H15ClN2O3/c1-20-13-5-9-4-10-7-16(8-14(18)19)2-3-17(10)12(9)6-11(13)15/h4-6H,2-3,7-8H2,1H3,(H,18,19). The number of rotatable bonds is 3. The number of carboxylic acid groups (broad SMARTS) is 1. The summed E-state index contributed by atoms with van der Waals surface area (Å²) in [5.74, 6) is -0.135. The molecule has 3 rings (SSSR count). The molecule has 5 nitrogen and oxygen atoms in total. The number of aromatic nitrogens is 1. The first-order valence-electron chi connectivity index (χ1n) is 6.38. The van der Waals surface area contributed by atoms with Crippen LogP contribution in [0.4, 0.5) is 0 Å². The molecule has 1 aliphatic heterocycles. The van der Waals surface area contributed by atoms with Crippen LogP contribution in [0.15, 0.2) is 18.2 Å². The molecule has 20 heavy (non-hydrogen) atoms. The zero-order valence-electron chi connectivity index (χ0n) is 11.1. The molecule has 0 aliphatic carbocycles. The lowest BCUT2D eigenvalue weighted by atomic mass is 10.2. The van der Waals surface area contributed by atoms with Gasteiger partial charge in [-0.15, -0.1) is 0 Å². The number of carbonyl (C=O) groups is 1. The molecule has 6 heteroatoms. The molecule has 1 N–H and O–H groups in total. The number of hydrogen-bond donors (Lipinski definition) is 1. The van der Waals surface area contributed by atoms with E-state index in [-0.39, 0.29) is 6.54 Å². The first-order chi connectivity index (χ1) is 9.58. The van der Waals surface area contributed by atoms with Crippen molar-refractivity contribution >= 4 is 28.5 Å². The summed E-state index contributed by atoms with van der Waals surface area (Å²) < 4.78 is 7.42. The Morgan fingerprint density at radius 1 is 1.40 bits per heavy atom. The second-order valence-electron chi connectivity index (χ2n) is 4.94. The van der Waals surface area contributed by atoms with Crippen molar-refractivity contribution in [2.24, 2.45) is 0 Å². The van der Waals surface area contributed by atoms with Crippen molar-refractivity contribution in [3.63, 3.8) is 0 Å². The lowest BCUT2D eigenvalue weighted by Gasteiger charge is -2.27. The zero-order valence-corrected chi connectivity index (χ0v) is 11.9. The third-order valence-corrected chi connectivity index (χ3v) is 3.94. The van der Waals surface area contributed by atoms with Gasteiger partial charge in [0.15, 0.2) is 0 Å². The third-order valence-electron chi connectivity index (χ3n) is 3.65. The Labute approximate surface area is 121 Å². The molecule has 1 aromatic carbocycles. The fraction of sp³-hybridized carbons (Fsp3) is 0.357. The predicted molar refractivity (Wildman–Crippen MR) is 76.4 cm³/mol. The van der Waals surface area contributed by atoms with Crippen molar-refractivity contribution in [3.05, 3.63) is 28.9 Å². The van der Waals surface area contributed by atoms with Crippen molar-refractivity contribution in [2.45, 2.75) is 13.1 Å². The van der Waals surface area contributed by atoms with Crippen LogP contribution >= 0.6 is 11.6 Å². The number of methoxy groups -OCH3 is 1. The van der Waals surface area contributed by atoms with E-state index in [1.807, 2.05) is 17.0 Å². The summed E-state index contributed by atoms with van der Waals surface area (Å²) in [6.45, 7) is 2.22. The van der Waals surface area contributed by atoms with Crippen LogP contribution in [-0.4, -0.2) is 40.7 Å². The van der Waals surface area contributed by atoms with Crippen LogP contribution in [0.3, 0.4) is 0 Å². The normalized spacial score (nSPS) is 15.3. The van der Waals surface area contributed by atoms with E-state index in [0.29, 0.717) is 17.3 Å². The number of nitrogens with zero attached hydrogens (tertiary/aromatic N) is 2. The fourth-order valence-electron chi connectivity index (χ4n) is 2.75. The monoisotopic (exact) mass is 294 g/mol. The lowest BCUT2D eigenvalue weighted by Crippen LogP contribution is -2.36. The third kappa shape index (κ3) is 2.23. The fourth-order valence-corrected chi connectivity index (χ4v) is 2.98. The Balaban J connectivity index is 2.00. The number of aliphatic carboxylic acids is 1.